The van der Waals surface area contributed by atoms with Crippen LogP contribution in [0.4, 0.5) is 4.39 Å². The smallest absolute Gasteiger partial charge is 0.127 e. The van der Waals surface area contributed by atoms with Gasteiger partial charge in [-0.1, -0.05) is 32.0 Å². The van der Waals surface area contributed by atoms with E-state index < -0.39 is 0 Å². The lowest BCUT2D eigenvalue weighted by Gasteiger charge is -2.25. The monoisotopic (exact) mass is 266 g/mol. The molecule has 0 bridgehead atoms. The number of hydrogen-bond acceptors (Lipinski definition) is 2. The van der Waals surface area contributed by atoms with Gasteiger partial charge < -0.3 is 10.6 Å². The van der Waals surface area contributed by atoms with Crippen molar-refractivity contribution >= 4 is 0 Å². The van der Waals surface area contributed by atoms with E-state index in [1.54, 1.807) is 6.07 Å². The minimum atomic E-state index is -0.113. The highest BCUT2D eigenvalue weighted by Crippen LogP contribution is 2.25. The first-order valence-corrected chi connectivity index (χ1v) is 7.06. The summed E-state index contributed by atoms with van der Waals surface area (Å²) in [6.45, 7) is 6.93. The van der Waals surface area contributed by atoms with Gasteiger partial charge in [-0.2, -0.15) is 0 Å². The van der Waals surface area contributed by atoms with Crippen molar-refractivity contribution in [1.82, 2.24) is 4.90 Å². The van der Waals surface area contributed by atoms with E-state index in [1.807, 2.05) is 19.2 Å². The molecule has 2 N–H and O–H groups in total. The summed E-state index contributed by atoms with van der Waals surface area (Å²) in [6.07, 6.45) is 3.34. The van der Waals surface area contributed by atoms with Crippen molar-refractivity contribution in [2.75, 3.05) is 20.1 Å². The maximum Gasteiger partial charge on any atom is 0.127 e. The van der Waals surface area contributed by atoms with Crippen molar-refractivity contribution in [3.8, 4) is 0 Å². The van der Waals surface area contributed by atoms with E-state index in [2.05, 4.69) is 18.7 Å². The van der Waals surface area contributed by atoms with Crippen LogP contribution >= 0.6 is 0 Å². The van der Waals surface area contributed by atoms with Gasteiger partial charge in [0.05, 0.1) is 0 Å². The summed E-state index contributed by atoms with van der Waals surface area (Å²) in [5.74, 6) is -0.113. The molecule has 1 rings (SSSR count). The SMILES string of the molecule is CN(CCCC(C)(C)CCN)Cc1ccccc1F. The van der Waals surface area contributed by atoms with E-state index in [-0.39, 0.29) is 5.82 Å². The summed E-state index contributed by atoms with van der Waals surface area (Å²) >= 11 is 0. The zero-order chi connectivity index (χ0) is 14.3. The van der Waals surface area contributed by atoms with Gasteiger partial charge in [0, 0.05) is 12.1 Å². The number of rotatable bonds is 8. The summed E-state index contributed by atoms with van der Waals surface area (Å²) in [6, 6.07) is 6.99. The van der Waals surface area contributed by atoms with Crippen LogP contribution < -0.4 is 5.73 Å². The van der Waals surface area contributed by atoms with Crippen LogP contribution in [0.1, 0.15) is 38.7 Å². The molecular formula is C16H27FN2. The number of halogens is 1. The predicted molar refractivity (Wildman–Crippen MR) is 79.4 cm³/mol. The molecule has 1 aromatic carbocycles. The Balaban J connectivity index is 2.32. The number of nitrogens with zero attached hydrogens (tertiary/aromatic N) is 1. The molecule has 2 nitrogen and oxygen atoms in total. The molecule has 108 valence electrons. The van der Waals surface area contributed by atoms with E-state index in [0.717, 1.165) is 37.9 Å². The lowest BCUT2D eigenvalue weighted by atomic mass is 9.84. The second kappa shape index (κ2) is 7.61. The molecule has 0 aromatic heterocycles. The van der Waals surface area contributed by atoms with Gasteiger partial charge in [-0.15, -0.1) is 0 Å². The minimum absolute atomic E-state index is 0.113. The highest BCUT2D eigenvalue weighted by atomic mass is 19.1. The molecular weight excluding hydrogens is 239 g/mol. The Morgan fingerprint density at radius 1 is 1.21 bits per heavy atom. The van der Waals surface area contributed by atoms with Crippen molar-refractivity contribution in [3.05, 3.63) is 35.6 Å². The van der Waals surface area contributed by atoms with Crippen molar-refractivity contribution in [2.45, 2.75) is 39.7 Å². The molecule has 0 aliphatic heterocycles. The fourth-order valence-corrected chi connectivity index (χ4v) is 2.34. The lowest BCUT2D eigenvalue weighted by Crippen LogP contribution is -2.23. The van der Waals surface area contributed by atoms with Crippen LogP contribution in [0.15, 0.2) is 24.3 Å². The van der Waals surface area contributed by atoms with Gasteiger partial charge in [-0.05, 0) is 50.9 Å². The summed E-state index contributed by atoms with van der Waals surface area (Å²) in [4.78, 5) is 2.18. The maximum absolute atomic E-state index is 13.5. The molecule has 0 atom stereocenters. The Morgan fingerprint density at radius 3 is 2.53 bits per heavy atom. The summed E-state index contributed by atoms with van der Waals surface area (Å²) in [7, 11) is 2.04. The fraction of sp³-hybridized carbons (Fsp3) is 0.625. The van der Waals surface area contributed by atoms with E-state index in [9.17, 15) is 4.39 Å². The van der Waals surface area contributed by atoms with Crippen molar-refractivity contribution in [1.29, 1.82) is 0 Å². The normalized spacial score (nSPS) is 12.1. The standard InChI is InChI=1S/C16H27FN2/c1-16(2,10-11-18)9-6-12-19(3)13-14-7-4-5-8-15(14)17/h4-5,7-8H,6,9-13,18H2,1-3H3. The minimum Gasteiger partial charge on any atom is -0.330 e. The van der Waals surface area contributed by atoms with Gasteiger partial charge in [0.15, 0.2) is 0 Å². The molecule has 1 aromatic rings. The molecule has 0 fully saturated rings. The molecule has 0 radical (unpaired) electrons. The van der Waals surface area contributed by atoms with Crippen LogP contribution in [-0.2, 0) is 6.54 Å². The van der Waals surface area contributed by atoms with Crippen LogP contribution in [0.25, 0.3) is 0 Å². The average Bonchev–Trinajstić information content (AvgIpc) is 2.31. The fourth-order valence-electron chi connectivity index (χ4n) is 2.34. The first kappa shape index (κ1) is 16.1. The number of benzene rings is 1. The van der Waals surface area contributed by atoms with Gasteiger partial charge in [0.2, 0.25) is 0 Å². The summed E-state index contributed by atoms with van der Waals surface area (Å²) < 4.78 is 13.5. The largest absolute Gasteiger partial charge is 0.330 e. The van der Waals surface area contributed by atoms with Crippen LogP contribution in [0.3, 0.4) is 0 Å². The van der Waals surface area contributed by atoms with E-state index >= 15 is 0 Å². The Hall–Kier alpha value is -0.930. The number of hydrogen-bond donors (Lipinski definition) is 1. The molecule has 3 heteroatoms. The first-order valence-electron chi connectivity index (χ1n) is 7.06. The molecule has 0 spiro atoms. The average molecular weight is 266 g/mol. The van der Waals surface area contributed by atoms with Crippen molar-refractivity contribution < 1.29 is 4.39 Å². The molecule has 0 aliphatic carbocycles. The Kier molecular flexibility index (Phi) is 6.46. The summed E-state index contributed by atoms with van der Waals surface area (Å²) in [5, 5.41) is 0. The second-order valence-corrected chi connectivity index (χ2v) is 6.14. The molecule has 0 heterocycles. The van der Waals surface area contributed by atoms with Gasteiger partial charge in [-0.25, -0.2) is 4.39 Å². The Morgan fingerprint density at radius 2 is 1.89 bits per heavy atom. The van der Waals surface area contributed by atoms with Gasteiger partial charge >= 0.3 is 0 Å². The van der Waals surface area contributed by atoms with Gasteiger partial charge in [-0.3, -0.25) is 0 Å². The van der Waals surface area contributed by atoms with E-state index in [4.69, 9.17) is 5.73 Å². The third-order valence-corrected chi connectivity index (χ3v) is 3.61. The topological polar surface area (TPSA) is 29.3 Å². The zero-order valence-corrected chi connectivity index (χ0v) is 12.5. The highest BCUT2D eigenvalue weighted by molar-refractivity contribution is 5.16. The van der Waals surface area contributed by atoms with Crippen LogP contribution in [-0.4, -0.2) is 25.0 Å². The molecule has 0 amide bonds. The molecule has 19 heavy (non-hydrogen) atoms. The zero-order valence-electron chi connectivity index (χ0n) is 12.5. The van der Waals surface area contributed by atoms with Crippen LogP contribution in [0.2, 0.25) is 0 Å². The maximum atomic E-state index is 13.5. The van der Waals surface area contributed by atoms with E-state index in [1.165, 1.54) is 6.07 Å². The van der Waals surface area contributed by atoms with Crippen LogP contribution in [0, 0.1) is 11.2 Å². The molecule has 0 saturated heterocycles. The quantitative estimate of drug-likeness (QED) is 0.781. The molecule has 0 unspecified atom stereocenters. The third-order valence-electron chi connectivity index (χ3n) is 3.61. The predicted octanol–water partition coefficient (Wildman–Crippen LogP) is 3.41. The Bertz CT molecular complexity index is 377. The molecule has 0 saturated carbocycles. The summed E-state index contributed by atoms with van der Waals surface area (Å²) in [5.41, 5.74) is 6.70. The van der Waals surface area contributed by atoms with Gasteiger partial charge in [0.1, 0.15) is 5.82 Å². The molecule has 0 aliphatic rings. The number of nitrogens with two attached hydrogens (primary N) is 1. The third kappa shape index (κ3) is 6.17. The first-order chi connectivity index (χ1) is 8.94. The lowest BCUT2D eigenvalue weighted by molar-refractivity contribution is 0.257. The van der Waals surface area contributed by atoms with Crippen LogP contribution in [0.5, 0.6) is 0 Å². The van der Waals surface area contributed by atoms with Crippen molar-refractivity contribution in [2.24, 2.45) is 11.1 Å². The second-order valence-electron chi connectivity index (χ2n) is 6.14. The van der Waals surface area contributed by atoms with Crippen molar-refractivity contribution in [3.63, 3.8) is 0 Å². The van der Waals surface area contributed by atoms with E-state index in [0.29, 0.717) is 12.0 Å². The Labute approximate surface area is 116 Å². The van der Waals surface area contributed by atoms with Gasteiger partial charge in [0.25, 0.3) is 0 Å². The highest BCUT2D eigenvalue weighted by Gasteiger charge is 2.16.